The third-order valence-electron chi connectivity index (χ3n) is 2.64. The van der Waals surface area contributed by atoms with Crippen LogP contribution < -0.4 is 10.1 Å². The van der Waals surface area contributed by atoms with E-state index in [1.165, 1.54) is 19.2 Å². The van der Waals surface area contributed by atoms with Gasteiger partial charge in [-0.3, -0.25) is 0 Å². The maximum atomic E-state index is 9.65. The van der Waals surface area contributed by atoms with Gasteiger partial charge in [0.05, 0.1) is 19.0 Å². The van der Waals surface area contributed by atoms with Crippen molar-refractivity contribution >= 4 is 5.69 Å². The predicted molar refractivity (Wildman–Crippen MR) is 69.6 cm³/mol. The van der Waals surface area contributed by atoms with Crippen LogP contribution in [-0.2, 0) is 6.54 Å². The topological polar surface area (TPSA) is 94.8 Å². The molecule has 0 saturated heterocycles. The van der Waals surface area contributed by atoms with Crippen molar-refractivity contribution < 1.29 is 20.1 Å². The number of aromatic nitrogens is 1. The Morgan fingerprint density at radius 3 is 2.53 bits per heavy atom. The fourth-order valence-corrected chi connectivity index (χ4v) is 1.56. The number of anilines is 1. The highest BCUT2D eigenvalue weighted by Crippen LogP contribution is 2.37. The van der Waals surface area contributed by atoms with Crippen molar-refractivity contribution in [1.82, 2.24) is 4.98 Å². The van der Waals surface area contributed by atoms with E-state index >= 15 is 0 Å². The lowest BCUT2D eigenvalue weighted by atomic mass is 10.1. The molecule has 0 aliphatic heterocycles. The van der Waals surface area contributed by atoms with Crippen LogP contribution in [0.15, 0.2) is 30.5 Å². The standard InChI is InChI=1S/C13H14N2O4/c1-19-11-5-3-9(7-15-11)14-6-8-2-4-10(16)13(18)12(8)17/h2-5,7,14,16-18H,6H2,1H3. The minimum Gasteiger partial charge on any atom is -0.504 e. The van der Waals surface area contributed by atoms with Crippen molar-refractivity contribution in [3.63, 3.8) is 0 Å². The number of nitrogens with one attached hydrogen (secondary N) is 1. The van der Waals surface area contributed by atoms with Gasteiger partial charge in [-0.2, -0.15) is 0 Å². The Bertz CT molecular complexity index is 570. The summed E-state index contributed by atoms with van der Waals surface area (Å²) in [6, 6.07) is 6.33. The summed E-state index contributed by atoms with van der Waals surface area (Å²) in [6.07, 6.45) is 1.59. The molecule has 0 radical (unpaired) electrons. The maximum absolute atomic E-state index is 9.65. The molecule has 0 saturated carbocycles. The number of methoxy groups -OCH3 is 1. The van der Waals surface area contributed by atoms with Crippen LogP contribution in [0.5, 0.6) is 23.1 Å². The average molecular weight is 262 g/mol. The van der Waals surface area contributed by atoms with E-state index in [1.807, 2.05) is 0 Å². The van der Waals surface area contributed by atoms with Gasteiger partial charge in [-0.25, -0.2) is 4.98 Å². The third-order valence-corrected chi connectivity index (χ3v) is 2.64. The van der Waals surface area contributed by atoms with Crippen LogP contribution in [0.3, 0.4) is 0 Å². The third kappa shape index (κ3) is 2.79. The molecule has 1 aromatic heterocycles. The molecule has 0 spiro atoms. The second-order valence-corrected chi connectivity index (χ2v) is 3.88. The maximum Gasteiger partial charge on any atom is 0.213 e. The van der Waals surface area contributed by atoms with Crippen LogP contribution in [0, 0.1) is 0 Å². The van der Waals surface area contributed by atoms with Crippen LogP contribution in [-0.4, -0.2) is 27.4 Å². The van der Waals surface area contributed by atoms with Gasteiger partial charge in [-0.15, -0.1) is 0 Å². The first-order valence-corrected chi connectivity index (χ1v) is 5.58. The van der Waals surface area contributed by atoms with Gasteiger partial charge in [0, 0.05) is 18.2 Å². The highest BCUT2D eigenvalue weighted by atomic mass is 16.5. The number of phenols is 3. The quantitative estimate of drug-likeness (QED) is 0.628. The summed E-state index contributed by atoms with van der Waals surface area (Å²) in [6.45, 7) is 0.285. The monoisotopic (exact) mass is 262 g/mol. The Morgan fingerprint density at radius 2 is 1.89 bits per heavy atom. The zero-order chi connectivity index (χ0) is 13.8. The summed E-state index contributed by atoms with van der Waals surface area (Å²) in [4.78, 5) is 4.03. The summed E-state index contributed by atoms with van der Waals surface area (Å²) in [5, 5.41) is 31.3. The molecule has 1 aromatic carbocycles. The summed E-state index contributed by atoms with van der Waals surface area (Å²) in [5.74, 6) is -0.704. The zero-order valence-corrected chi connectivity index (χ0v) is 10.3. The first-order valence-electron chi connectivity index (χ1n) is 5.58. The van der Waals surface area contributed by atoms with Gasteiger partial charge < -0.3 is 25.4 Å². The molecule has 4 N–H and O–H groups in total. The van der Waals surface area contributed by atoms with E-state index in [1.54, 1.807) is 18.3 Å². The lowest BCUT2D eigenvalue weighted by Gasteiger charge is -2.10. The van der Waals surface area contributed by atoms with E-state index in [-0.39, 0.29) is 18.0 Å². The fraction of sp³-hybridized carbons (Fsp3) is 0.154. The molecule has 100 valence electrons. The number of rotatable bonds is 4. The molecule has 6 heteroatoms. The van der Waals surface area contributed by atoms with Gasteiger partial charge >= 0.3 is 0 Å². The van der Waals surface area contributed by atoms with Crippen molar-refractivity contribution in [2.75, 3.05) is 12.4 Å². The van der Waals surface area contributed by atoms with Crippen LogP contribution in [0.2, 0.25) is 0 Å². The summed E-state index contributed by atoms with van der Waals surface area (Å²) < 4.78 is 4.94. The van der Waals surface area contributed by atoms with Gasteiger partial charge in [0.15, 0.2) is 11.5 Å². The molecular weight excluding hydrogens is 248 g/mol. The van der Waals surface area contributed by atoms with E-state index in [2.05, 4.69) is 10.3 Å². The molecule has 2 aromatic rings. The van der Waals surface area contributed by atoms with Gasteiger partial charge in [-0.05, 0) is 18.2 Å². The van der Waals surface area contributed by atoms with Crippen molar-refractivity contribution in [3.05, 3.63) is 36.0 Å². The zero-order valence-electron chi connectivity index (χ0n) is 10.3. The van der Waals surface area contributed by atoms with E-state index in [0.717, 1.165) is 5.69 Å². The van der Waals surface area contributed by atoms with Crippen LogP contribution >= 0.6 is 0 Å². The molecule has 0 bridgehead atoms. The highest BCUT2D eigenvalue weighted by Gasteiger charge is 2.10. The fourth-order valence-electron chi connectivity index (χ4n) is 1.56. The molecule has 19 heavy (non-hydrogen) atoms. The Balaban J connectivity index is 2.08. The van der Waals surface area contributed by atoms with Gasteiger partial charge in [-0.1, -0.05) is 0 Å². The molecule has 0 aliphatic carbocycles. The molecule has 2 rings (SSSR count). The Labute approximate surface area is 109 Å². The highest BCUT2D eigenvalue weighted by molar-refractivity contribution is 5.54. The Morgan fingerprint density at radius 1 is 1.11 bits per heavy atom. The SMILES string of the molecule is COc1ccc(NCc2ccc(O)c(O)c2O)cn1. The number of aromatic hydroxyl groups is 3. The predicted octanol–water partition coefficient (Wildman–Crippen LogP) is 1.82. The van der Waals surface area contributed by atoms with Gasteiger partial charge in [0.25, 0.3) is 0 Å². The number of nitrogens with zero attached hydrogens (tertiary/aromatic N) is 1. The van der Waals surface area contributed by atoms with Gasteiger partial charge in [0.2, 0.25) is 11.6 Å². The number of pyridine rings is 1. The van der Waals surface area contributed by atoms with E-state index < -0.39 is 5.75 Å². The van der Waals surface area contributed by atoms with Gasteiger partial charge in [0.1, 0.15) is 0 Å². The lowest BCUT2D eigenvalue weighted by molar-refractivity contribution is 0.365. The van der Waals surface area contributed by atoms with Crippen LogP contribution in [0.1, 0.15) is 5.56 Å². The number of phenolic OH excluding ortho intramolecular Hbond substituents is 3. The number of ether oxygens (including phenoxy) is 1. The molecule has 0 unspecified atom stereocenters. The molecule has 0 amide bonds. The Hall–Kier alpha value is -2.63. The number of benzene rings is 1. The van der Waals surface area contributed by atoms with E-state index in [0.29, 0.717) is 11.4 Å². The van der Waals surface area contributed by atoms with Crippen molar-refractivity contribution in [1.29, 1.82) is 0 Å². The van der Waals surface area contributed by atoms with E-state index in [9.17, 15) is 15.3 Å². The molecule has 0 aliphatic rings. The molecule has 1 heterocycles. The van der Waals surface area contributed by atoms with Crippen molar-refractivity contribution in [3.8, 4) is 23.1 Å². The smallest absolute Gasteiger partial charge is 0.213 e. The molecule has 0 fully saturated rings. The minimum atomic E-state index is -0.521. The molecule has 0 atom stereocenters. The largest absolute Gasteiger partial charge is 0.504 e. The minimum absolute atomic E-state index is 0.285. The van der Waals surface area contributed by atoms with Crippen LogP contribution in [0.25, 0.3) is 0 Å². The number of hydrogen-bond donors (Lipinski definition) is 4. The first-order chi connectivity index (χ1) is 9.11. The first kappa shape index (κ1) is 12.8. The number of hydrogen-bond acceptors (Lipinski definition) is 6. The molecular formula is C13H14N2O4. The average Bonchev–Trinajstić information content (AvgIpc) is 2.45. The second kappa shape index (κ2) is 5.34. The van der Waals surface area contributed by atoms with E-state index in [4.69, 9.17) is 4.74 Å². The molecule has 6 nitrogen and oxygen atoms in total. The summed E-state index contributed by atoms with van der Waals surface area (Å²) in [5.41, 5.74) is 1.21. The van der Waals surface area contributed by atoms with Crippen molar-refractivity contribution in [2.45, 2.75) is 6.54 Å². The summed E-state index contributed by atoms with van der Waals surface area (Å²) >= 11 is 0. The lowest BCUT2D eigenvalue weighted by Crippen LogP contribution is -2.00. The summed E-state index contributed by atoms with van der Waals surface area (Å²) in [7, 11) is 1.53. The second-order valence-electron chi connectivity index (χ2n) is 3.88. The van der Waals surface area contributed by atoms with Crippen LogP contribution in [0.4, 0.5) is 5.69 Å². The Kier molecular flexibility index (Phi) is 3.61. The normalized spacial score (nSPS) is 10.2. The van der Waals surface area contributed by atoms with Crippen molar-refractivity contribution in [2.24, 2.45) is 0 Å².